The summed E-state index contributed by atoms with van der Waals surface area (Å²) < 4.78 is 0. The molecule has 0 aromatic heterocycles. The summed E-state index contributed by atoms with van der Waals surface area (Å²) in [5.41, 5.74) is 1.87. The molecule has 0 saturated carbocycles. The van der Waals surface area contributed by atoms with Gasteiger partial charge < -0.3 is 0 Å². The number of fused-ring (bicyclic) bond motifs is 1. The van der Waals surface area contributed by atoms with Crippen LogP contribution in [0.25, 0.3) is 5.57 Å². The van der Waals surface area contributed by atoms with Gasteiger partial charge in [0.05, 0.1) is 0 Å². The normalized spacial score (nSPS) is 12.5. The molecular formula is C12H6N2O. The first kappa shape index (κ1) is 9.14. The average molecular weight is 194 g/mol. The predicted octanol–water partition coefficient (Wildman–Crippen LogP) is 1.96. The van der Waals surface area contributed by atoms with E-state index < -0.39 is 0 Å². The zero-order chi connectivity index (χ0) is 10.8. The molecule has 0 aliphatic heterocycles. The molecule has 0 heterocycles. The minimum Gasteiger partial charge on any atom is -0.289 e. The van der Waals surface area contributed by atoms with E-state index in [9.17, 15) is 4.79 Å². The van der Waals surface area contributed by atoms with Crippen LogP contribution in [0.5, 0.6) is 0 Å². The Bertz CT molecular complexity index is 570. The third-order valence-corrected chi connectivity index (χ3v) is 2.26. The Labute approximate surface area is 86.5 Å². The Morgan fingerprint density at radius 2 is 1.93 bits per heavy atom. The molecule has 1 N–H and O–H groups in total. The molecule has 0 unspecified atom stereocenters. The SMILES string of the molecule is N#CC(=C=N)C1=CC(=O)c2ccccc21. The number of carbonyl (C=O) groups is 1. The van der Waals surface area contributed by atoms with E-state index >= 15 is 0 Å². The number of allylic oxidation sites excluding steroid dienone is 3. The molecule has 0 atom stereocenters. The number of hydrogen-bond acceptors (Lipinski definition) is 3. The summed E-state index contributed by atoms with van der Waals surface area (Å²) in [7, 11) is 0. The van der Waals surface area contributed by atoms with Gasteiger partial charge in [-0.1, -0.05) is 24.3 Å². The van der Waals surface area contributed by atoms with Crippen LogP contribution < -0.4 is 0 Å². The largest absolute Gasteiger partial charge is 0.289 e. The predicted molar refractivity (Wildman–Crippen MR) is 55.6 cm³/mol. The van der Waals surface area contributed by atoms with Crippen molar-refractivity contribution in [2.75, 3.05) is 0 Å². The highest BCUT2D eigenvalue weighted by Gasteiger charge is 2.22. The molecule has 0 fully saturated rings. The summed E-state index contributed by atoms with van der Waals surface area (Å²) in [4.78, 5) is 11.5. The zero-order valence-electron chi connectivity index (χ0n) is 7.74. The fourth-order valence-corrected chi connectivity index (χ4v) is 1.58. The highest BCUT2D eigenvalue weighted by molar-refractivity contribution is 6.20. The molecule has 1 aliphatic rings. The fraction of sp³-hybridized carbons (Fsp3) is 0. The number of nitrogens with zero attached hydrogens (tertiary/aromatic N) is 1. The molecule has 0 bridgehead atoms. The number of nitrogens with one attached hydrogen (secondary N) is 1. The van der Waals surface area contributed by atoms with Gasteiger partial charge in [0.2, 0.25) is 0 Å². The number of rotatable bonds is 1. The molecule has 70 valence electrons. The zero-order valence-corrected chi connectivity index (χ0v) is 7.74. The summed E-state index contributed by atoms with van der Waals surface area (Å²) in [5.74, 6) is 1.92. The Morgan fingerprint density at radius 1 is 1.27 bits per heavy atom. The minimum atomic E-state index is -0.122. The lowest BCUT2D eigenvalue weighted by atomic mass is 10.0. The maximum Gasteiger partial charge on any atom is 0.187 e. The topological polar surface area (TPSA) is 64.7 Å². The van der Waals surface area contributed by atoms with Crippen molar-refractivity contribution >= 4 is 17.2 Å². The van der Waals surface area contributed by atoms with E-state index in [-0.39, 0.29) is 11.4 Å². The first-order valence-electron chi connectivity index (χ1n) is 4.33. The second kappa shape index (κ2) is 3.38. The number of carbonyl (C=O) groups excluding carboxylic acids is 1. The van der Waals surface area contributed by atoms with Gasteiger partial charge in [-0.3, -0.25) is 10.2 Å². The highest BCUT2D eigenvalue weighted by Crippen LogP contribution is 2.30. The first-order chi connectivity index (χ1) is 7.27. The quantitative estimate of drug-likeness (QED) is 0.548. The Hall–Kier alpha value is -2.43. The maximum absolute atomic E-state index is 11.5. The van der Waals surface area contributed by atoms with Gasteiger partial charge in [0.1, 0.15) is 11.6 Å². The highest BCUT2D eigenvalue weighted by atomic mass is 16.1. The summed E-state index contributed by atoms with van der Waals surface area (Å²) in [6, 6.07) is 8.89. The second-order valence-electron chi connectivity index (χ2n) is 3.08. The summed E-state index contributed by atoms with van der Waals surface area (Å²) in [5, 5.41) is 15.7. The molecule has 15 heavy (non-hydrogen) atoms. The first-order valence-corrected chi connectivity index (χ1v) is 4.33. The monoisotopic (exact) mass is 194 g/mol. The van der Waals surface area contributed by atoms with Gasteiger partial charge in [0, 0.05) is 11.1 Å². The summed E-state index contributed by atoms with van der Waals surface area (Å²) >= 11 is 0. The van der Waals surface area contributed by atoms with Gasteiger partial charge in [0.25, 0.3) is 0 Å². The van der Waals surface area contributed by atoms with Crippen molar-refractivity contribution in [3.8, 4) is 6.07 Å². The number of hydrogen-bond donors (Lipinski definition) is 1. The van der Waals surface area contributed by atoms with E-state index in [1.807, 2.05) is 11.9 Å². The van der Waals surface area contributed by atoms with Crippen LogP contribution >= 0.6 is 0 Å². The van der Waals surface area contributed by atoms with E-state index in [1.165, 1.54) is 6.08 Å². The summed E-state index contributed by atoms with van der Waals surface area (Å²) in [6.07, 6.45) is 1.38. The van der Waals surface area contributed by atoms with Crippen LogP contribution in [0.4, 0.5) is 0 Å². The number of ketones is 1. The lowest BCUT2D eigenvalue weighted by molar-refractivity contribution is 0.105. The van der Waals surface area contributed by atoms with Crippen molar-refractivity contribution in [1.29, 1.82) is 10.7 Å². The maximum atomic E-state index is 11.5. The molecule has 1 aliphatic carbocycles. The van der Waals surface area contributed by atoms with Crippen molar-refractivity contribution in [2.45, 2.75) is 0 Å². The van der Waals surface area contributed by atoms with E-state index in [4.69, 9.17) is 10.7 Å². The van der Waals surface area contributed by atoms with Crippen LogP contribution in [-0.4, -0.2) is 11.7 Å². The molecule has 0 saturated heterocycles. The third kappa shape index (κ3) is 1.30. The van der Waals surface area contributed by atoms with Gasteiger partial charge in [-0.2, -0.15) is 5.26 Å². The molecule has 3 heteroatoms. The van der Waals surface area contributed by atoms with E-state index in [0.29, 0.717) is 16.7 Å². The lowest BCUT2D eigenvalue weighted by Gasteiger charge is -1.99. The standard InChI is InChI=1S/C12H6N2O/c13-6-8(7-14)11-5-12(15)10-4-2-1-3-9(10)11/h1-5,13H. The lowest BCUT2D eigenvalue weighted by Crippen LogP contribution is -1.90. The smallest absolute Gasteiger partial charge is 0.187 e. The van der Waals surface area contributed by atoms with Gasteiger partial charge >= 0.3 is 0 Å². The van der Waals surface area contributed by atoms with Gasteiger partial charge in [0.15, 0.2) is 5.78 Å². The molecule has 3 nitrogen and oxygen atoms in total. The van der Waals surface area contributed by atoms with E-state index in [1.54, 1.807) is 24.3 Å². The fourth-order valence-electron chi connectivity index (χ4n) is 1.58. The number of benzene rings is 1. The molecule has 0 amide bonds. The Morgan fingerprint density at radius 3 is 2.53 bits per heavy atom. The van der Waals surface area contributed by atoms with Crippen LogP contribution in [-0.2, 0) is 0 Å². The van der Waals surface area contributed by atoms with Crippen molar-refractivity contribution < 1.29 is 4.79 Å². The summed E-state index contributed by atoms with van der Waals surface area (Å²) in [6.45, 7) is 0. The second-order valence-corrected chi connectivity index (χ2v) is 3.08. The molecule has 2 rings (SSSR count). The van der Waals surface area contributed by atoms with E-state index in [2.05, 4.69) is 0 Å². The van der Waals surface area contributed by atoms with Crippen molar-refractivity contribution in [1.82, 2.24) is 0 Å². The van der Waals surface area contributed by atoms with Gasteiger partial charge in [-0.25, -0.2) is 0 Å². The number of nitriles is 1. The molecule has 0 spiro atoms. The molecule has 1 aromatic carbocycles. The van der Waals surface area contributed by atoms with Crippen LogP contribution in [0.3, 0.4) is 0 Å². The average Bonchev–Trinajstić information content (AvgIpc) is 2.60. The van der Waals surface area contributed by atoms with Crippen LogP contribution in [0.2, 0.25) is 0 Å². The molecule has 1 aromatic rings. The Balaban J connectivity index is 2.66. The van der Waals surface area contributed by atoms with Crippen molar-refractivity contribution in [3.63, 3.8) is 0 Å². The minimum absolute atomic E-state index is 0.0910. The molecular weight excluding hydrogens is 188 g/mol. The van der Waals surface area contributed by atoms with Crippen LogP contribution in [0, 0.1) is 16.7 Å². The van der Waals surface area contributed by atoms with Crippen molar-refractivity contribution in [3.05, 3.63) is 47.0 Å². The van der Waals surface area contributed by atoms with Crippen LogP contribution in [0.15, 0.2) is 35.9 Å². The van der Waals surface area contributed by atoms with Crippen LogP contribution in [0.1, 0.15) is 15.9 Å². The van der Waals surface area contributed by atoms with E-state index in [0.717, 1.165) is 0 Å². The van der Waals surface area contributed by atoms with Crippen molar-refractivity contribution in [2.24, 2.45) is 0 Å². The van der Waals surface area contributed by atoms with Gasteiger partial charge in [-0.05, 0) is 17.5 Å². The van der Waals surface area contributed by atoms with Gasteiger partial charge in [-0.15, -0.1) is 0 Å². The third-order valence-electron chi connectivity index (χ3n) is 2.26. The molecule has 0 radical (unpaired) electrons. The Kier molecular flexibility index (Phi) is 2.06.